The molecule has 0 unspecified atom stereocenters. The Kier molecular flexibility index (Phi) is 6.56. The van der Waals surface area contributed by atoms with Crippen LogP contribution in [0.4, 0.5) is 4.79 Å². The Morgan fingerprint density at radius 2 is 2.04 bits per heavy atom. The molecule has 136 valence electrons. The Hall–Kier alpha value is -1.92. The average Bonchev–Trinajstić information content (AvgIpc) is 2.53. The van der Waals surface area contributed by atoms with Crippen LogP contribution in [0.5, 0.6) is 5.75 Å². The number of ether oxygens (including phenoxy) is 2. The Balaban J connectivity index is 2.48. The standard InChI is InChI=1S/C17H20Cl2N2O4/c1-4-5-6-25-16(22)13-9(2)20-17(23)21-14(13)11-7-10(18)8-12(19)15(11)24-3/h7-8,14H,4-6H2,1-3H3,(H2,20,21,23)/t14-/m0/s1. The van der Waals surface area contributed by atoms with E-state index in [4.69, 9.17) is 32.7 Å². The number of methoxy groups -OCH3 is 1. The first-order chi connectivity index (χ1) is 11.9. The van der Waals surface area contributed by atoms with E-state index in [0.29, 0.717) is 28.6 Å². The maximum absolute atomic E-state index is 12.6. The first-order valence-corrected chi connectivity index (χ1v) is 8.63. The number of allylic oxidation sites excluding steroid dienone is 1. The number of nitrogens with one attached hydrogen (secondary N) is 2. The fraction of sp³-hybridized carbons (Fsp3) is 0.412. The summed E-state index contributed by atoms with van der Waals surface area (Å²) < 4.78 is 10.7. The van der Waals surface area contributed by atoms with Crippen LogP contribution in [-0.4, -0.2) is 25.7 Å². The number of benzene rings is 1. The fourth-order valence-electron chi connectivity index (χ4n) is 2.59. The summed E-state index contributed by atoms with van der Waals surface area (Å²) in [6.45, 7) is 3.95. The third-order valence-corrected chi connectivity index (χ3v) is 4.27. The van der Waals surface area contributed by atoms with E-state index in [2.05, 4.69) is 10.6 Å². The van der Waals surface area contributed by atoms with E-state index in [1.54, 1.807) is 13.0 Å². The SMILES string of the molecule is CCCCOC(=O)C1=C(C)NC(=O)N[C@H]1c1cc(Cl)cc(Cl)c1OC. The van der Waals surface area contributed by atoms with Crippen LogP contribution in [0.25, 0.3) is 0 Å². The highest BCUT2D eigenvalue weighted by atomic mass is 35.5. The van der Waals surface area contributed by atoms with Crippen LogP contribution in [0, 0.1) is 0 Å². The number of amides is 2. The van der Waals surface area contributed by atoms with Gasteiger partial charge in [0.05, 0.1) is 30.4 Å². The average molecular weight is 387 g/mol. The monoisotopic (exact) mass is 386 g/mol. The Bertz CT molecular complexity index is 719. The van der Waals surface area contributed by atoms with Crippen LogP contribution in [0.15, 0.2) is 23.4 Å². The van der Waals surface area contributed by atoms with Crippen molar-refractivity contribution in [3.63, 3.8) is 0 Å². The molecule has 0 aromatic heterocycles. The molecular weight excluding hydrogens is 367 g/mol. The fourth-order valence-corrected chi connectivity index (χ4v) is 3.18. The molecule has 1 atom stereocenters. The molecule has 2 N–H and O–H groups in total. The molecule has 25 heavy (non-hydrogen) atoms. The molecule has 1 aliphatic heterocycles. The number of carbonyl (C=O) groups is 2. The molecule has 8 heteroatoms. The lowest BCUT2D eigenvalue weighted by Gasteiger charge is -2.29. The molecule has 1 aromatic rings. The minimum absolute atomic E-state index is 0.285. The number of unbranched alkanes of at least 4 members (excludes halogenated alkanes) is 1. The minimum atomic E-state index is -0.783. The van der Waals surface area contributed by atoms with E-state index < -0.39 is 18.0 Å². The second-order valence-corrected chi connectivity index (χ2v) is 6.41. The molecule has 1 heterocycles. The zero-order valence-corrected chi connectivity index (χ0v) is 15.8. The van der Waals surface area contributed by atoms with Gasteiger partial charge >= 0.3 is 12.0 Å². The van der Waals surface area contributed by atoms with Crippen molar-refractivity contribution in [2.45, 2.75) is 32.7 Å². The third-order valence-electron chi connectivity index (χ3n) is 3.77. The maximum Gasteiger partial charge on any atom is 0.338 e. The highest BCUT2D eigenvalue weighted by Crippen LogP contribution is 2.39. The van der Waals surface area contributed by atoms with Crippen molar-refractivity contribution in [1.29, 1.82) is 0 Å². The number of esters is 1. The van der Waals surface area contributed by atoms with Crippen LogP contribution in [0.2, 0.25) is 10.0 Å². The second kappa shape index (κ2) is 8.45. The topological polar surface area (TPSA) is 76.7 Å². The summed E-state index contributed by atoms with van der Waals surface area (Å²) in [5.41, 5.74) is 1.18. The van der Waals surface area contributed by atoms with Gasteiger partial charge in [0.15, 0.2) is 0 Å². The smallest absolute Gasteiger partial charge is 0.338 e. The molecule has 0 spiro atoms. The Labute approximate surface area is 156 Å². The first-order valence-electron chi connectivity index (χ1n) is 7.87. The zero-order chi connectivity index (χ0) is 18.6. The van der Waals surface area contributed by atoms with Crippen molar-refractivity contribution in [3.05, 3.63) is 39.0 Å². The Morgan fingerprint density at radius 1 is 1.32 bits per heavy atom. The van der Waals surface area contributed by atoms with Crippen molar-refractivity contribution >= 4 is 35.2 Å². The molecule has 0 fully saturated rings. The normalized spacial score (nSPS) is 17.0. The van der Waals surface area contributed by atoms with Gasteiger partial charge < -0.3 is 20.1 Å². The lowest BCUT2D eigenvalue weighted by atomic mass is 9.94. The molecule has 0 radical (unpaired) electrons. The van der Waals surface area contributed by atoms with Gasteiger partial charge in [-0.2, -0.15) is 0 Å². The van der Waals surface area contributed by atoms with E-state index >= 15 is 0 Å². The highest BCUT2D eigenvalue weighted by Gasteiger charge is 2.34. The number of halogens is 2. The van der Waals surface area contributed by atoms with E-state index in [1.807, 2.05) is 6.92 Å². The summed E-state index contributed by atoms with van der Waals surface area (Å²) in [5, 5.41) is 5.95. The van der Waals surface area contributed by atoms with E-state index in [-0.39, 0.29) is 10.6 Å². The molecule has 2 amide bonds. The molecular formula is C17H20Cl2N2O4. The molecule has 0 aliphatic carbocycles. The van der Waals surface area contributed by atoms with Crippen LogP contribution in [0.3, 0.4) is 0 Å². The lowest BCUT2D eigenvalue weighted by Crippen LogP contribution is -2.45. The van der Waals surface area contributed by atoms with Crippen molar-refractivity contribution in [1.82, 2.24) is 10.6 Å². The number of rotatable bonds is 6. The highest BCUT2D eigenvalue weighted by molar-refractivity contribution is 6.35. The number of urea groups is 1. The minimum Gasteiger partial charge on any atom is -0.495 e. The van der Waals surface area contributed by atoms with Crippen LogP contribution >= 0.6 is 23.2 Å². The summed E-state index contributed by atoms with van der Waals surface area (Å²) in [7, 11) is 1.46. The van der Waals surface area contributed by atoms with Gasteiger partial charge in [0.2, 0.25) is 0 Å². The van der Waals surface area contributed by atoms with Crippen molar-refractivity contribution in [2.24, 2.45) is 0 Å². The van der Waals surface area contributed by atoms with E-state index in [1.165, 1.54) is 13.2 Å². The second-order valence-electron chi connectivity index (χ2n) is 5.57. The molecule has 1 aromatic carbocycles. The zero-order valence-electron chi connectivity index (χ0n) is 14.2. The molecule has 6 nitrogen and oxygen atoms in total. The van der Waals surface area contributed by atoms with Gasteiger partial charge in [0.25, 0.3) is 0 Å². The van der Waals surface area contributed by atoms with Gasteiger partial charge in [0.1, 0.15) is 5.75 Å². The largest absolute Gasteiger partial charge is 0.495 e. The lowest BCUT2D eigenvalue weighted by molar-refractivity contribution is -0.139. The number of carbonyl (C=O) groups excluding carboxylic acids is 2. The van der Waals surface area contributed by atoms with Gasteiger partial charge in [-0.3, -0.25) is 0 Å². The van der Waals surface area contributed by atoms with Gasteiger partial charge in [-0.05, 0) is 25.5 Å². The summed E-state index contributed by atoms with van der Waals surface area (Å²) in [5.74, 6) is -0.175. The van der Waals surface area contributed by atoms with Gasteiger partial charge in [-0.25, -0.2) is 9.59 Å². The van der Waals surface area contributed by atoms with Crippen molar-refractivity contribution in [2.75, 3.05) is 13.7 Å². The molecule has 1 aliphatic rings. The van der Waals surface area contributed by atoms with Gasteiger partial charge in [-0.1, -0.05) is 36.5 Å². The molecule has 0 bridgehead atoms. The van der Waals surface area contributed by atoms with Crippen LogP contribution in [-0.2, 0) is 9.53 Å². The van der Waals surface area contributed by atoms with E-state index in [9.17, 15) is 9.59 Å². The van der Waals surface area contributed by atoms with Gasteiger partial charge in [-0.15, -0.1) is 0 Å². The summed E-state index contributed by atoms with van der Waals surface area (Å²) in [6.07, 6.45) is 1.66. The molecule has 2 rings (SSSR count). The van der Waals surface area contributed by atoms with E-state index in [0.717, 1.165) is 12.8 Å². The maximum atomic E-state index is 12.6. The Morgan fingerprint density at radius 3 is 2.68 bits per heavy atom. The first kappa shape index (κ1) is 19.4. The third kappa shape index (κ3) is 4.38. The predicted octanol–water partition coefficient (Wildman–Crippen LogP) is 3.97. The quantitative estimate of drug-likeness (QED) is 0.572. The summed E-state index contributed by atoms with van der Waals surface area (Å²) in [4.78, 5) is 24.5. The molecule has 0 saturated heterocycles. The number of hydrogen-bond acceptors (Lipinski definition) is 4. The van der Waals surface area contributed by atoms with Gasteiger partial charge in [0, 0.05) is 16.3 Å². The van der Waals surface area contributed by atoms with Crippen LogP contribution in [0.1, 0.15) is 38.3 Å². The number of hydrogen-bond donors (Lipinski definition) is 2. The predicted molar refractivity (Wildman–Crippen MR) is 96.0 cm³/mol. The van der Waals surface area contributed by atoms with Crippen LogP contribution < -0.4 is 15.4 Å². The molecule has 0 saturated carbocycles. The summed E-state index contributed by atoms with van der Waals surface area (Å²) >= 11 is 12.3. The van der Waals surface area contributed by atoms with Crippen molar-refractivity contribution < 1.29 is 19.1 Å². The van der Waals surface area contributed by atoms with Crippen molar-refractivity contribution in [3.8, 4) is 5.75 Å². The summed E-state index contributed by atoms with van der Waals surface area (Å²) in [6, 6.07) is 1.92.